The highest BCUT2D eigenvalue weighted by Crippen LogP contribution is 2.30. The van der Waals surface area contributed by atoms with Gasteiger partial charge in [-0.05, 0) is 43.9 Å². The Hall–Kier alpha value is -4.00. The fraction of sp³-hybridized carbons (Fsp3) is 0.259. The predicted octanol–water partition coefficient (Wildman–Crippen LogP) is 4.99. The van der Waals surface area contributed by atoms with Gasteiger partial charge in [0.2, 0.25) is 0 Å². The molecule has 0 aliphatic heterocycles. The Balaban J connectivity index is 1.70. The van der Waals surface area contributed by atoms with Gasteiger partial charge < -0.3 is 0 Å². The van der Waals surface area contributed by atoms with Crippen LogP contribution in [0, 0.1) is 6.92 Å². The lowest BCUT2D eigenvalue weighted by Crippen LogP contribution is -2.26. The summed E-state index contributed by atoms with van der Waals surface area (Å²) in [5.41, 5.74) is 6.33. The van der Waals surface area contributed by atoms with Crippen molar-refractivity contribution in [1.82, 2.24) is 19.7 Å². The number of aromatic amines is 1. The molecule has 0 bridgehead atoms. The lowest BCUT2D eigenvalue weighted by atomic mass is 9.96. The Bertz CT molecular complexity index is 1450. The van der Waals surface area contributed by atoms with Gasteiger partial charge in [0.25, 0.3) is 5.56 Å². The average Bonchev–Trinajstić information content (AvgIpc) is 3.26. The van der Waals surface area contributed by atoms with Gasteiger partial charge in [0.05, 0.1) is 5.69 Å². The minimum absolute atomic E-state index is 0.0124. The number of allylic oxidation sites excluding steroid dienone is 1. The molecule has 0 saturated carbocycles. The highest BCUT2D eigenvalue weighted by Gasteiger charge is 2.15. The summed E-state index contributed by atoms with van der Waals surface area (Å²) in [6.07, 6.45) is 4.04. The SMILES string of the molecule is CCCc1nc(C)n(C=C(C)C)c(=O)c1Cc1ccc(-c2ccccc2-c2noc(=O)[nH]2)cc1. The third kappa shape index (κ3) is 4.83. The number of hydrogen-bond acceptors (Lipinski definition) is 5. The van der Waals surface area contributed by atoms with Crippen LogP contribution in [0.15, 0.2) is 68.2 Å². The third-order valence-electron chi connectivity index (χ3n) is 5.61. The van der Waals surface area contributed by atoms with Gasteiger partial charge in [0.1, 0.15) is 5.82 Å². The van der Waals surface area contributed by atoms with E-state index in [2.05, 4.69) is 21.6 Å². The van der Waals surface area contributed by atoms with Gasteiger partial charge in [-0.1, -0.05) is 72.6 Å². The van der Waals surface area contributed by atoms with Crippen LogP contribution in [-0.4, -0.2) is 19.7 Å². The maximum Gasteiger partial charge on any atom is 0.439 e. The fourth-order valence-electron chi connectivity index (χ4n) is 4.06. The summed E-state index contributed by atoms with van der Waals surface area (Å²) < 4.78 is 6.32. The third-order valence-corrected chi connectivity index (χ3v) is 5.61. The van der Waals surface area contributed by atoms with Gasteiger partial charge in [-0.15, -0.1) is 0 Å². The van der Waals surface area contributed by atoms with E-state index in [-0.39, 0.29) is 5.56 Å². The summed E-state index contributed by atoms with van der Waals surface area (Å²) >= 11 is 0. The summed E-state index contributed by atoms with van der Waals surface area (Å²) in [5.74, 6) is 0.504. The number of nitrogens with zero attached hydrogens (tertiary/aromatic N) is 3. The van der Waals surface area contributed by atoms with Gasteiger partial charge in [0, 0.05) is 23.7 Å². The molecule has 2 heterocycles. The molecule has 0 amide bonds. The summed E-state index contributed by atoms with van der Waals surface area (Å²) in [6.45, 7) is 7.91. The zero-order valence-corrected chi connectivity index (χ0v) is 19.9. The molecule has 0 aliphatic rings. The van der Waals surface area contributed by atoms with Crippen LogP contribution in [0.5, 0.6) is 0 Å². The zero-order valence-electron chi connectivity index (χ0n) is 19.9. The molecule has 4 aromatic rings. The Labute approximate surface area is 197 Å². The first-order chi connectivity index (χ1) is 16.4. The van der Waals surface area contributed by atoms with E-state index in [1.807, 2.05) is 75.5 Å². The van der Waals surface area contributed by atoms with Crippen molar-refractivity contribution in [2.75, 3.05) is 0 Å². The van der Waals surface area contributed by atoms with Crippen LogP contribution in [-0.2, 0) is 12.8 Å². The van der Waals surface area contributed by atoms with Gasteiger partial charge in [0.15, 0.2) is 5.82 Å². The molecule has 34 heavy (non-hydrogen) atoms. The molecule has 0 fully saturated rings. The van der Waals surface area contributed by atoms with E-state index in [0.717, 1.165) is 51.9 Å². The van der Waals surface area contributed by atoms with Crippen LogP contribution in [0.4, 0.5) is 0 Å². The second kappa shape index (κ2) is 9.87. The first kappa shape index (κ1) is 23.2. The van der Waals surface area contributed by atoms with Gasteiger partial charge in [-0.2, -0.15) is 0 Å². The molecule has 0 unspecified atom stereocenters. The molecule has 0 spiro atoms. The minimum atomic E-state index is -0.589. The van der Waals surface area contributed by atoms with Gasteiger partial charge in [-0.3, -0.25) is 18.9 Å². The number of H-pyrrole nitrogens is 1. The van der Waals surface area contributed by atoms with Crippen molar-refractivity contribution in [3.63, 3.8) is 0 Å². The summed E-state index contributed by atoms with van der Waals surface area (Å²) in [5, 5.41) is 3.83. The minimum Gasteiger partial charge on any atom is -0.296 e. The van der Waals surface area contributed by atoms with Gasteiger partial charge >= 0.3 is 5.76 Å². The lowest BCUT2D eigenvalue weighted by Gasteiger charge is -2.14. The maximum absolute atomic E-state index is 13.4. The van der Waals surface area contributed by atoms with E-state index in [1.54, 1.807) is 4.57 Å². The molecule has 1 N–H and O–H groups in total. The van der Waals surface area contributed by atoms with E-state index < -0.39 is 5.76 Å². The monoisotopic (exact) mass is 456 g/mol. The van der Waals surface area contributed by atoms with Crippen LogP contribution in [0.3, 0.4) is 0 Å². The maximum atomic E-state index is 13.4. The molecule has 0 atom stereocenters. The van der Waals surface area contributed by atoms with Crippen molar-refractivity contribution in [3.8, 4) is 22.5 Å². The largest absolute Gasteiger partial charge is 0.439 e. The van der Waals surface area contributed by atoms with Crippen molar-refractivity contribution >= 4 is 6.20 Å². The first-order valence-electron chi connectivity index (χ1n) is 11.4. The Morgan fingerprint density at radius 3 is 2.38 bits per heavy atom. The second-order valence-corrected chi connectivity index (χ2v) is 8.58. The molecule has 4 rings (SSSR count). The number of rotatable bonds is 7. The molecule has 0 saturated heterocycles. The lowest BCUT2D eigenvalue weighted by molar-refractivity contribution is 0.388. The van der Waals surface area contributed by atoms with E-state index in [0.29, 0.717) is 18.1 Å². The number of aryl methyl sites for hydroxylation is 2. The average molecular weight is 457 g/mol. The molecule has 2 aromatic heterocycles. The van der Waals surface area contributed by atoms with Crippen molar-refractivity contribution < 1.29 is 4.52 Å². The summed E-state index contributed by atoms with van der Waals surface area (Å²) in [6, 6.07) is 15.8. The topological polar surface area (TPSA) is 93.8 Å². The Morgan fingerprint density at radius 1 is 1.06 bits per heavy atom. The van der Waals surface area contributed by atoms with Crippen LogP contribution >= 0.6 is 0 Å². The quantitative estimate of drug-likeness (QED) is 0.423. The fourth-order valence-corrected chi connectivity index (χ4v) is 4.06. The van der Waals surface area contributed by atoms with Crippen LogP contribution in [0.25, 0.3) is 28.7 Å². The summed E-state index contributed by atoms with van der Waals surface area (Å²) in [7, 11) is 0. The van der Waals surface area contributed by atoms with Crippen molar-refractivity contribution in [1.29, 1.82) is 0 Å². The normalized spacial score (nSPS) is 10.9. The highest BCUT2D eigenvalue weighted by atomic mass is 16.5. The summed E-state index contributed by atoms with van der Waals surface area (Å²) in [4.78, 5) is 32.1. The van der Waals surface area contributed by atoms with Crippen LogP contribution in [0.1, 0.15) is 49.8 Å². The predicted molar refractivity (Wildman–Crippen MR) is 134 cm³/mol. The smallest absolute Gasteiger partial charge is 0.296 e. The first-order valence-corrected chi connectivity index (χ1v) is 11.4. The number of aromatic nitrogens is 4. The number of benzene rings is 2. The van der Waals surface area contributed by atoms with Crippen LogP contribution < -0.4 is 11.3 Å². The zero-order chi connectivity index (χ0) is 24.2. The molecule has 0 aliphatic carbocycles. The molecular weight excluding hydrogens is 428 g/mol. The van der Waals surface area contributed by atoms with Gasteiger partial charge in [-0.25, -0.2) is 9.78 Å². The van der Waals surface area contributed by atoms with Crippen molar-refractivity contribution in [2.45, 2.75) is 47.0 Å². The number of nitrogens with one attached hydrogen (secondary N) is 1. The highest BCUT2D eigenvalue weighted by molar-refractivity contribution is 5.80. The molecule has 0 radical (unpaired) electrons. The molecule has 2 aromatic carbocycles. The van der Waals surface area contributed by atoms with Crippen molar-refractivity contribution in [2.24, 2.45) is 0 Å². The van der Waals surface area contributed by atoms with Crippen molar-refractivity contribution in [3.05, 3.63) is 97.7 Å². The Morgan fingerprint density at radius 2 is 1.76 bits per heavy atom. The van der Waals surface area contributed by atoms with E-state index in [9.17, 15) is 9.59 Å². The van der Waals surface area contributed by atoms with E-state index in [4.69, 9.17) is 4.98 Å². The Kier molecular flexibility index (Phi) is 6.72. The van der Waals surface area contributed by atoms with E-state index in [1.165, 1.54) is 0 Å². The standard InChI is InChI=1S/C27H28N4O3/c1-5-8-24-23(26(32)31(16-17(2)3)18(4)28-24)15-19-11-13-20(14-12-19)21-9-6-7-10-22(21)25-29-27(33)34-30-25/h6-7,9-14,16H,5,8,15H2,1-4H3,(H,29,30,33). The molecule has 174 valence electrons. The second-order valence-electron chi connectivity index (χ2n) is 8.58. The molecule has 7 nitrogen and oxygen atoms in total. The van der Waals surface area contributed by atoms with Crippen LogP contribution in [0.2, 0.25) is 0 Å². The molecular formula is C27H28N4O3. The number of hydrogen-bond donors (Lipinski definition) is 1. The van der Waals surface area contributed by atoms with E-state index >= 15 is 0 Å². The molecule has 7 heteroatoms.